The van der Waals surface area contributed by atoms with Gasteiger partial charge in [0.05, 0.1) is 20.8 Å². The Morgan fingerprint density at radius 1 is 1.10 bits per heavy atom. The van der Waals surface area contributed by atoms with Gasteiger partial charge < -0.3 is 25.2 Å². The standard InChI is InChI=1S/C23H31N3O3.HI/c1-4-24-22(25-14-12-17-9-10-20(28-2)21(15-17)29-3)26-16-23(27)13-11-18-7-5-6-8-19(18)23;/h5-10,15,27H,4,11-14,16H2,1-3H3,(H2,24,25,26);1H. The van der Waals surface area contributed by atoms with Gasteiger partial charge in [0.25, 0.3) is 0 Å². The predicted octanol–water partition coefficient (Wildman–Crippen LogP) is 3.25. The van der Waals surface area contributed by atoms with Crippen LogP contribution in [0.4, 0.5) is 0 Å². The second kappa shape index (κ2) is 11.4. The second-order valence-electron chi connectivity index (χ2n) is 7.25. The zero-order valence-corrected chi connectivity index (χ0v) is 20.2. The summed E-state index contributed by atoms with van der Waals surface area (Å²) in [5, 5.41) is 17.7. The van der Waals surface area contributed by atoms with Gasteiger partial charge in [-0.3, -0.25) is 0 Å². The smallest absolute Gasteiger partial charge is 0.191 e. The highest BCUT2D eigenvalue weighted by Crippen LogP contribution is 2.36. The lowest BCUT2D eigenvalue weighted by Gasteiger charge is -2.22. The number of nitrogens with one attached hydrogen (secondary N) is 2. The van der Waals surface area contributed by atoms with Crippen LogP contribution in [-0.2, 0) is 18.4 Å². The first-order valence-electron chi connectivity index (χ1n) is 10.1. The van der Waals surface area contributed by atoms with Crippen LogP contribution in [0.25, 0.3) is 0 Å². The molecule has 1 aliphatic rings. The molecule has 0 aromatic heterocycles. The van der Waals surface area contributed by atoms with Crippen LogP contribution >= 0.6 is 24.0 Å². The van der Waals surface area contributed by atoms with Crippen molar-refractivity contribution >= 4 is 29.9 Å². The van der Waals surface area contributed by atoms with Crippen molar-refractivity contribution in [1.29, 1.82) is 0 Å². The van der Waals surface area contributed by atoms with Gasteiger partial charge in [-0.15, -0.1) is 24.0 Å². The molecule has 3 N–H and O–H groups in total. The Bertz CT molecular complexity index is 859. The lowest BCUT2D eigenvalue weighted by Crippen LogP contribution is -2.39. The molecule has 0 saturated heterocycles. The first-order valence-corrected chi connectivity index (χ1v) is 10.1. The van der Waals surface area contributed by atoms with Gasteiger partial charge in [-0.05, 0) is 55.0 Å². The van der Waals surface area contributed by atoms with E-state index in [9.17, 15) is 5.11 Å². The molecule has 0 saturated carbocycles. The van der Waals surface area contributed by atoms with E-state index in [-0.39, 0.29) is 24.0 Å². The van der Waals surface area contributed by atoms with Crippen molar-refractivity contribution in [3.63, 3.8) is 0 Å². The number of rotatable bonds is 8. The maximum atomic E-state index is 11.1. The molecule has 30 heavy (non-hydrogen) atoms. The van der Waals surface area contributed by atoms with Crippen molar-refractivity contribution < 1.29 is 14.6 Å². The summed E-state index contributed by atoms with van der Waals surface area (Å²) in [7, 11) is 3.27. The highest BCUT2D eigenvalue weighted by Gasteiger charge is 2.36. The number of hydrogen-bond acceptors (Lipinski definition) is 4. The molecule has 7 heteroatoms. The average Bonchev–Trinajstić information content (AvgIpc) is 3.09. The number of halogens is 1. The molecule has 1 unspecified atom stereocenters. The zero-order chi connectivity index (χ0) is 20.7. The predicted molar refractivity (Wildman–Crippen MR) is 131 cm³/mol. The maximum Gasteiger partial charge on any atom is 0.191 e. The van der Waals surface area contributed by atoms with Crippen LogP contribution in [-0.4, -0.2) is 44.9 Å². The molecule has 6 nitrogen and oxygen atoms in total. The molecule has 2 aromatic rings. The highest BCUT2D eigenvalue weighted by molar-refractivity contribution is 14.0. The van der Waals surface area contributed by atoms with Crippen LogP contribution in [0, 0.1) is 0 Å². The number of ether oxygens (including phenoxy) is 2. The van der Waals surface area contributed by atoms with Gasteiger partial charge in [0.15, 0.2) is 17.5 Å². The summed E-state index contributed by atoms with van der Waals surface area (Å²) in [6.45, 7) is 3.86. The number of aliphatic imine (C=N–C) groups is 1. The topological polar surface area (TPSA) is 75.1 Å². The minimum Gasteiger partial charge on any atom is -0.493 e. The van der Waals surface area contributed by atoms with Crippen LogP contribution in [0.1, 0.15) is 30.0 Å². The molecule has 0 fully saturated rings. The number of aryl methyl sites for hydroxylation is 1. The van der Waals surface area contributed by atoms with E-state index in [0.717, 1.165) is 48.6 Å². The van der Waals surface area contributed by atoms with Gasteiger partial charge in [-0.1, -0.05) is 30.3 Å². The quantitative estimate of drug-likeness (QED) is 0.281. The lowest BCUT2D eigenvalue weighted by atomic mass is 9.96. The normalized spacial score (nSPS) is 17.7. The summed E-state index contributed by atoms with van der Waals surface area (Å²) >= 11 is 0. The van der Waals surface area contributed by atoms with Crippen LogP contribution in [0.3, 0.4) is 0 Å². The van der Waals surface area contributed by atoms with E-state index < -0.39 is 5.60 Å². The Balaban J connectivity index is 0.00000320. The van der Waals surface area contributed by atoms with Gasteiger partial charge in [-0.2, -0.15) is 0 Å². The highest BCUT2D eigenvalue weighted by atomic mass is 127. The Kier molecular flexibility index (Phi) is 9.23. The minimum atomic E-state index is -0.887. The third-order valence-electron chi connectivity index (χ3n) is 5.32. The van der Waals surface area contributed by atoms with E-state index in [1.807, 2.05) is 43.3 Å². The first-order chi connectivity index (χ1) is 14.1. The number of benzene rings is 2. The monoisotopic (exact) mass is 525 g/mol. The molecule has 164 valence electrons. The fourth-order valence-electron chi connectivity index (χ4n) is 3.75. The van der Waals surface area contributed by atoms with Crippen molar-refractivity contribution in [2.45, 2.75) is 31.8 Å². The zero-order valence-electron chi connectivity index (χ0n) is 17.9. The molecular weight excluding hydrogens is 493 g/mol. The van der Waals surface area contributed by atoms with Crippen molar-refractivity contribution in [1.82, 2.24) is 10.6 Å². The third-order valence-corrected chi connectivity index (χ3v) is 5.32. The summed E-state index contributed by atoms with van der Waals surface area (Å²) in [5.41, 5.74) is 2.48. The summed E-state index contributed by atoms with van der Waals surface area (Å²) in [6, 6.07) is 14.0. The van der Waals surface area contributed by atoms with E-state index in [2.05, 4.69) is 21.7 Å². The average molecular weight is 525 g/mol. The van der Waals surface area contributed by atoms with E-state index >= 15 is 0 Å². The molecule has 0 bridgehead atoms. The first kappa shape index (κ1) is 24.3. The molecule has 1 atom stereocenters. The molecule has 1 aliphatic carbocycles. The van der Waals surface area contributed by atoms with Gasteiger partial charge in [-0.25, -0.2) is 4.99 Å². The number of nitrogens with zero attached hydrogens (tertiary/aromatic N) is 1. The molecule has 3 rings (SSSR count). The van der Waals surface area contributed by atoms with Crippen LogP contribution in [0.5, 0.6) is 11.5 Å². The van der Waals surface area contributed by atoms with Gasteiger partial charge in [0.2, 0.25) is 0 Å². The fraction of sp³-hybridized carbons (Fsp3) is 0.435. The van der Waals surface area contributed by atoms with Gasteiger partial charge in [0.1, 0.15) is 5.60 Å². The van der Waals surface area contributed by atoms with Gasteiger partial charge >= 0.3 is 0 Å². The van der Waals surface area contributed by atoms with E-state index in [4.69, 9.17) is 9.47 Å². The van der Waals surface area contributed by atoms with Crippen LogP contribution < -0.4 is 20.1 Å². The SMILES string of the molecule is CCNC(=NCC1(O)CCc2ccccc21)NCCc1ccc(OC)c(OC)c1.I. The maximum absolute atomic E-state index is 11.1. The number of hydrogen-bond donors (Lipinski definition) is 3. The van der Waals surface area contributed by atoms with Crippen molar-refractivity contribution in [3.05, 3.63) is 59.2 Å². The Labute approximate surface area is 196 Å². The molecule has 0 amide bonds. The molecule has 0 heterocycles. The third kappa shape index (κ3) is 5.78. The molecule has 0 radical (unpaired) electrons. The van der Waals surface area contributed by atoms with Crippen molar-refractivity contribution in [2.75, 3.05) is 33.9 Å². The molecule has 0 aliphatic heterocycles. The lowest BCUT2D eigenvalue weighted by molar-refractivity contribution is 0.0485. The van der Waals surface area contributed by atoms with Crippen molar-refractivity contribution in [3.8, 4) is 11.5 Å². The second-order valence-corrected chi connectivity index (χ2v) is 7.25. The molecule has 2 aromatic carbocycles. The van der Waals surface area contributed by atoms with Gasteiger partial charge in [0, 0.05) is 13.1 Å². The van der Waals surface area contributed by atoms with Crippen molar-refractivity contribution in [2.24, 2.45) is 4.99 Å². The Hall–Kier alpha value is -2.00. The summed E-state index contributed by atoms with van der Waals surface area (Å²) in [6.07, 6.45) is 2.42. The largest absolute Gasteiger partial charge is 0.493 e. The Morgan fingerprint density at radius 3 is 2.60 bits per heavy atom. The molecular formula is C23H32IN3O3. The summed E-state index contributed by atoms with van der Waals surface area (Å²) < 4.78 is 10.7. The number of methoxy groups -OCH3 is 2. The summed E-state index contributed by atoms with van der Waals surface area (Å²) in [5.74, 6) is 2.17. The van der Waals surface area contributed by atoms with E-state index in [0.29, 0.717) is 18.9 Å². The van der Waals surface area contributed by atoms with E-state index in [1.54, 1.807) is 14.2 Å². The number of fused-ring (bicyclic) bond motifs is 1. The summed E-state index contributed by atoms with van der Waals surface area (Å²) in [4.78, 5) is 4.66. The number of guanidine groups is 1. The Morgan fingerprint density at radius 2 is 1.87 bits per heavy atom. The van der Waals surface area contributed by atoms with Crippen LogP contribution in [0.2, 0.25) is 0 Å². The van der Waals surface area contributed by atoms with Crippen LogP contribution in [0.15, 0.2) is 47.5 Å². The number of aliphatic hydroxyl groups is 1. The van der Waals surface area contributed by atoms with E-state index in [1.165, 1.54) is 5.56 Å². The molecule has 0 spiro atoms. The fourth-order valence-corrected chi connectivity index (χ4v) is 3.75. The minimum absolute atomic E-state index is 0.